The Kier molecular flexibility index (Phi) is 8.79. The number of sulfonamides is 1. The van der Waals surface area contributed by atoms with Gasteiger partial charge >= 0.3 is 0 Å². The highest BCUT2D eigenvalue weighted by Gasteiger charge is 2.41. The van der Waals surface area contributed by atoms with Gasteiger partial charge in [0.2, 0.25) is 0 Å². The summed E-state index contributed by atoms with van der Waals surface area (Å²) in [4.78, 5) is 3.40. The van der Waals surface area contributed by atoms with E-state index >= 15 is 0 Å². The summed E-state index contributed by atoms with van der Waals surface area (Å²) in [7, 11) is -4.28. The van der Waals surface area contributed by atoms with Crippen molar-refractivity contribution in [1.29, 1.82) is 5.26 Å². The Morgan fingerprint density at radius 2 is 1.78 bits per heavy atom. The molecule has 0 bridgehead atoms. The quantitative estimate of drug-likeness (QED) is 0.300. The van der Waals surface area contributed by atoms with Crippen LogP contribution in [-0.2, 0) is 19.5 Å². The van der Waals surface area contributed by atoms with Crippen molar-refractivity contribution in [3.8, 4) is 16.5 Å². The third-order valence-electron chi connectivity index (χ3n) is 7.68. The molecule has 2 aliphatic heterocycles. The summed E-state index contributed by atoms with van der Waals surface area (Å²) >= 11 is 1.38. The van der Waals surface area contributed by atoms with Gasteiger partial charge in [0.25, 0.3) is 10.0 Å². The maximum absolute atomic E-state index is 13.1. The van der Waals surface area contributed by atoms with Crippen LogP contribution in [-0.4, -0.2) is 81.2 Å². The first kappa shape index (κ1) is 29.6. The second kappa shape index (κ2) is 12.2. The number of rotatable bonds is 7. The molecule has 1 unspecified atom stereocenters. The number of nitrogens with one attached hydrogen (secondary N) is 1. The summed E-state index contributed by atoms with van der Waals surface area (Å²) in [6.45, 7) is 5.84. The summed E-state index contributed by atoms with van der Waals surface area (Å²) in [5, 5.41) is 42.3. The van der Waals surface area contributed by atoms with Crippen LogP contribution in [0.15, 0.2) is 53.4 Å². The Hall–Kier alpha value is -2.86. The molecular weight excluding hydrogens is 566 g/mol. The van der Waals surface area contributed by atoms with Crippen LogP contribution in [0.5, 0.6) is 0 Å². The summed E-state index contributed by atoms with van der Waals surface area (Å²) in [5.74, 6) is -0.738. The van der Waals surface area contributed by atoms with E-state index in [1.807, 2.05) is 12.1 Å². The smallest absolute Gasteiger partial charge is 0.251 e. The zero-order valence-electron chi connectivity index (χ0n) is 22.7. The zero-order valence-corrected chi connectivity index (χ0v) is 24.4. The normalized spacial score (nSPS) is 26.0. The minimum atomic E-state index is -4.28. The van der Waals surface area contributed by atoms with E-state index in [1.54, 1.807) is 19.1 Å². The molecule has 4 N–H and O–H groups in total. The molecule has 3 aromatic rings. The van der Waals surface area contributed by atoms with E-state index in [2.05, 4.69) is 40.0 Å². The third kappa shape index (κ3) is 6.18. The van der Waals surface area contributed by atoms with Gasteiger partial charge in [-0.3, -0.25) is 0 Å². The van der Waals surface area contributed by atoms with Crippen LogP contribution in [0.1, 0.15) is 18.7 Å². The molecule has 5 atom stereocenters. The number of benzene rings is 2. The molecule has 2 aliphatic rings. The zero-order chi connectivity index (χ0) is 29.3. The molecule has 2 aromatic carbocycles. The first-order chi connectivity index (χ1) is 19.6. The summed E-state index contributed by atoms with van der Waals surface area (Å²) in [6.07, 6.45) is -5.23. The highest BCUT2D eigenvalue weighted by molar-refractivity contribution is 7.93. The number of ether oxygens (including phenoxy) is 2. The molecule has 10 nitrogen and oxygen atoms in total. The molecule has 0 aliphatic carbocycles. The van der Waals surface area contributed by atoms with Crippen LogP contribution < -0.4 is 9.62 Å². The number of hydrogen-bond donors (Lipinski definition) is 4. The van der Waals surface area contributed by atoms with Gasteiger partial charge in [-0.2, -0.15) is 5.26 Å². The van der Waals surface area contributed by atoms with Gasteiger partial charge in [-0.25, -0.2) is 13.1 Å². The molecule has 0 amide bonds. The van der Waals surface area contributed by atoms with Gasteiger partial charge in [0.1, 0.15) is 18.3 Å². The highest BCUT2D eigenvalue weighted by Crippen LogP contribution is 2.36. The van der Waals surface area contributed by atoms with Crippen molar-refractivity contribution in [2.75, 3.05) is 37.7 Å². The number of nitriles is 1. The molecule has 12 heteroatoms. The maximum Gasteiger partial charge on any atom is 0.251 e. The van der Waals surface area contributed by atoms with Crippen LogP contribution in [0.3, 0.4) is 0 Å². The fourth-order valence-corrected chi connectivity index (χ4v) is 7.31. The molecule has 0 spiro atoms. The summed E-state index contributed by atoms with van der Waals surface area (Å²) in [5.41, 5.74) is 2.43. The van der Waals surface area contributed by atoms with Crippen LogP contribution >= 0.6 is 11.3 Å². The first-order valence-corrected chi connectivity index (χ1v) is 15.7. The minimum absolute atomic E-state index is 0.283. The van der Waals surface area contributed by atoms with E-state index in [-0.39, 0.29) is 5.57 Å². The second-order valence-electron chi connectivity index (χ2n) is 10.3. The number of aliphatic hydroxyl groups is 3. The summed E-state index contributed by atoms with van der Waals surface area (Å²) < 4.78 is 39.1. The van der Waals surface area contributed by atoms with Gasteiger partial charge in [0.15, 0.2) is 11.2 Å². The SMILES string of the molecule is C/C(=C(/C#N)S(=O)(=O)NC[C@H]1OC(O)[C@H](C)[C@@H](O)[C@@H]1O)c1ccc(-c2ccc3cc(N4CCOCC4)ccc3c2)s1. The molecule has 5 rings (SSSR count). The number of anilines is 1. The van der Waals surface area contributed by atoms with E-state index in [9.17, 15) is 29.0 Å². The average Bonchev–Trinajstić information content (AvgIpc) is 3.48. The fourth-order valence-electron chi connectivity index (χ4n) is 5.07. The fraction of sp³-hybridized carbons (Fsp3) is 0.414. The summed E-state index contributed by atoms with van der Waals surface area (Å²) in [6, 6.07) is 18.1. The predicted molar refractivity (Wildman–Crippen MR) is 157 cm³/mol. The van der Waals surface area contributed by atoms with E-state index in [0.29, 0.717) is 4.88 Å². The number of nitrogens with zero attached hydrogens (tertiary/aromatic N) is 2. The van der Waals surface area contributed by atoms with Gasteiger partial charge < -0.3 is 29.7 Å². The molecule has 41 heavy (non-hydrogen) atoms. The topological polar surface area (TPSA) is 152 Å². The monoisotopic (exact) mass is 599 g/mol. The van der Waals surface area contributed by atoms with Crippen LogP contribution in [0.2, 0.25) is 0 Å². The Labute approximate surface area is 243 Å². The van der Waals surface area contributed by atoms with E-state index < -0.39 is 52.0 Å². The van der Waals surface area contributed by atoms with E-state index in [0.717, 1.165) is 53.2 Å². The molecule has 2 fully saturated rings. The lowest BCUT2D eigenvalue weighted by Gasteiger charge is -2.39. The second-order valence-corrected chi connectivity index (χ2v) is 13.1. The molecule has 218 valence electrons. The number of hydrogen-bond acceptors (Lipinski definition) is 10. The number of thiophene rings is 1. The van der Waals surface area contributed by atoms with Crippen molar-refractivity contribution in [2.24, 2.45) is 5.92 Å². The van der Waals surface area contributed by atoms with Gasteiger partial charge in [0.05, 0.1) is 19.3 Å². The number of allylic oxidation sites excluding steroid dienone is 2. The van der Waals surface area contributed by atoms with Gasteiger partial charge in [-0.05, 0) is 59.2 Å². The van der Waals surface area contributed by atoms with Gasteiger partial charge in [-0.1, -0.05) is 25.1 Å². The van der Waals surface area contributed by atoms with Crippen LogP contribution in [0, 0.1) is 17.2 Å². The van der Waals surface area contributed by atoms with Crippen molar-refractivity contribution in [3.63, 3.8) is 0 Å². The lowest BCUT2D eigenvalue weighted by Crippen LogP contribution is -2.56. The minimum Gasteiger partial charge on any atom is -0.390 e. The lowest BCUT2D eigenvalue weighted by atomic mass is 9.92. The third-order valence-corrected chi connectivity index (χ3v) is 10.4. The van der Waals surface area contributed by atoms with Crippen molar-refractivity contribution >= 4 is 43.4 Å². The Bertz CT molecular complexity index is 1590. The van der Waals surface area contributed by atoms with Crippen molar-refractivity contribution < 1.29 is 33.2 Å². The predicted octanol–water partition coefficient (Wildman–Crippen LogP) is 2.65. The average molecular weight is 600 g/mol. The first-order valence-electron chi connectivity index (χ1n) is 13.4. The maximum atomic E-state index is 13.1. The van der Waals surface area contributed by atoms with E-state index in [4.69, 9.17) is 9.47 Å². The van der Waals surface area contributed by atoms with Crippen molar-refractivity contribution in [3.05, 3.63) is 58.3 Å². The highest BCUT2D eigenvalue weighted by atomic mass is 32.2. The van der Waals surface area contributed by atoms with Gasteiger partial charge in [-0.15, -0.1) is 11.3 Å². The standard InChI is InChI=1S/C29H33N3O7S2/c1-17(26(15-30)41(36,37)31-16-23-28(34)27(33)18(2)29(35)39-23)24-7-8-25(40-24)21-4-3-20-14-22(6-5-19(20)13-21)32-9-11-38-12-10-32/h3-8,13-14,18,23,27-29,31,33-35H,9-12,16H2,1-2H3/b26-17+/t18-,23-,27-,28-,29?/m1/s1. The van der Waals surface area contributed by atoms with Gasteiger partial charge in [0, 0.05) is 41.0 Å². The van der Waals surface area contributed by atoms with Crippen LogP contribution in [0.25, 0.3) is 26.8 Å². The Morgan fingerprint density at radius 1 is 1.07 bits per heavy atom. The van der Waals surface area contributed by atoms with Crippen molar-refractivity contribution in [2.45, 2.75) is 38.4 Å². The number of fused-ring (bicyclic) bond motifs is 1. The van der Waals surface area contributed by atoms with Crippen molar-refractivity contribution in [1.82, 2.24) is 4.72 Å². The Balaban J connectivity index is 1.33. The molecular formula is C29H33N3O7S2. The van der Waals surface area contributed by atoms with E-state index in [1.165, 1.54) is 18.3 Å². The largest absolute Gasteiger partial charge is 0.390 e. The molecule has 3 heterocycles. The molecule has 2 saturated heterocycles. The molecule has 0 radical (unpaired) electrons. The Morgan fingerprint density at radius 3 is 2.51 bits per heavy atom. The number of morpholine rings is 1. The lowest BCUT2D eigenvalue weighted by molar-refractivity contribution is -0.257. The molecule has 0 saturated carbocycles. The number of aliphatic hydroxyl groups excluding tert-OH is 3. The molecule has 1 aromatic heterocycles. The van der Waals surface area contributed by atoms with Crippen LogP contribution in [0.4, 0.5) is 5.69 Å².